The number of nitrogens with one attached hydrogen (secondary N) is 1. The average molecular weight is 274 g/mol. The second kappa shape index (κ2) is 4.33. The minimum absolute atomic E-state index is 0.00838. The Labute approximate surface area is 115 Å². The summed E-state index contributed by atoms with van der Waals surface area (Å²) in [4.78, 5) is 22.1. The number of nitro benzene ring substituents is 1. The average Bonchev–Trinajstić information content (AvgIpc) is 2.87. The molecule has 0 saturated heterocycles. The second-order valence-corrected chi connectivity index (χ2v) is 5.27. The lowest BCUT2D eigenvalue weighted by atomic mass is 9.78. The van der Waals surface area contributed by atoms with Crippen molar-refractivity contribution in [2.24, 2.45) is 5.92 Å². The third-order valence-corrected chi connectivity index (χ3v) is 4.21. The van der Waals surface area contributed by atoms with Gasteiger partial charge in [0, 0.05) is 18.0 Å². The van der Waals surface area contributed by atoms with Crippen LogP contribution in [0.1, 0.15) is 35.2 Å². The molecule has 1 aliphatic carbocycles. The molecule has 0 saturated carbocycles. The van der Waals surface area contributed by atoms with E-state index in [1.165, 1.54) is 12.1 Å². The molecule has 0 amide bonds. The van der Waals surface area contributed by atoms with Crippen LogP contribution in [0, 0.1) is 16.0 Å². The van der Waals surface area contributed by atoms with Crippen LogP contribution in [0.5, 0.6) is 0 Å². The van der Waals surface area contributed by atoms with E-state index in [-0.39, 0.29) is 29.1 Å². The molecular formula is C14H14N2O4. The van der Waals surface area contributed by atoms with E-state index < -0.39 is 10.9 Å². The second-order valence-electron chi connectivity index (χ2n) is 5.27. The number of nitro groups is 1. The fraction of sp³-hybridized carbons (Fsp3) is 0.357. The van der Waals surface area contributed by atoms with Crippen LogP contribution in [-0.2, 0) is 0 Å². The molecule has 0 bridgehead atoms. The zero-order chi connectivity index (χ0) is 14.4. The van der Waals surface area contributed by atoms with Crippen LogP contribution in [0.15, 0.2) is 24.3 Å². The van der Waals surface area contributed by atoms with Crippen molar-refractivity contribution in [1.29, 1.82) is 0 Å². The molecule has 1 aromatic carbocycles. The summed E-state index contributed by atoms with van der Waals surface area (Å²) in [5.41, 5.74) is 0.987. The fourth-order valence-electron chi connectivity index (χ4n) is 3.27. The van der Waals surface area contributed by atoms with Crippen LogP contribution in [0.25, 0.3) is 0 Å². The summed E-state index contributed by atoms with van der Waals surface area (Å²) < 4.78 is 0. The van der Waals surface area contributed by atoms with Crippen molar-refractivity contribution >= 4 is 17.3 Å². The summed E-state index contributed by atoms with van der Waals surface area (Å²) >= 11 is 0. The smallest absolute Gasteiger partial charge is 0.337 e. The first kappa shape index (κ1) is 12.7. The van der Waals surface area contributed by atoms with E-state index in [4.69, 9.17) is 0 Å². The van der Waals surface area contributed by atoms with Gasteiger partial charge in [0.15, 0.2) is 0 Å². The highest BCUT2D eigenvalue weighted by atomic mass is 16.6. The maximum atomic E-state index is 11.3. The topological polar surface area (TPSA) is 92.5 Å². The van der Waals surface area contributed by atoms with Crippen LogP contribution in [-0.4, -0.2) is 22.0 Å². The van der Waals surface area contributed by atoms with E-state index >= 15 is 0 Å². The number of nitrogens with zero attached hydrogens (tertiary/aromatic N) is 1. The fourth-order valence-corrected chi connectivity index (χ4v) is 3.27. The number of anilines is 1. The molecule has 0 fully saturated rings. The van der Waals surface area contributed by atoms with E-state index in [0.29, 0.717) is 11.3 Å². The third kappa shape index (κ3) is 1.68. The van der Waals surface area contributed by atoms with Crippen LogP contribution < -0.4 is 5.32 Å². The zero-order valence-electron chi connectivity index (χ0n) is 10.9. The van der Waals surface area contributed by atoms with Gasteiger partial charge in [-0.15, -0.1) is 0 Å². The number of carboxylic acid groups (broad SMARTS) is 1. The van der Waals surface area contributed by atoms with Crippen molar-refractivity contribution in [1.82, 2.24) is 0 Å². The third-order valence-electron chi connectivity index (χ3n) is 4.21. The largest absolute Gasteiger partial charge is 0.478 e. The first-order valence-corrected chi connectivity index (χ1v) is 6.48. The summed E-state index contributed by atoms with van der Waals surface area (Å²) in [5.74, 6) is -0.914. The number of hydrogen-bond donors (Lipinski definition) is 2. The van der Waals surface area contributed by atoms with Gasteiger partial charge in [-0.2, -0.15) is 0 Å². The Hall–Kier alpha value is -2.37. The molecule has 6 heteroatoms. The molecule has 1 aliphatic heterocycles. The van der Waals surface area contributed by atoms with Crippen LogP contribution >= 0.6 is 0 Å². The minimum Gasteiger partial charge on any atom is -0.478 e. The molecule has 1 heterocycles. The van der Waals surface area contributed by atoms with E-state index in [9.17, 15) is 20.0 Å². The Bertz CT molecular complexity index is 638. The Balaban J connectivity index is 2.27. The standard InChI is InChI=1S/C14H14N2O4/c1-7-8-3-2-4-9(8)12-11(16(19)20)6-5-10(14(17)18)13(12)15-7/h2,4-9,15H,3H2,1H3,(H,17,18). The lowest BCUT2D eigenvalue weighted by molar-refractivity contribution is -0.385. The summed E-state index contributed by atoms with van der Waals surface area (Å²) in [6, 6.07) is 2.68. The van der Waals surface area contributed by atoms with Crippen molar-refractivity contribution in [2.45, 2.75) is 25.3 Å². The minimum atomic E-state index is -1.07. The van der Waals surface area contributed by atoms with E-state index in [1.807, 2.05) is 19.1 Å². The van der Waals surface area contributed by atoms with Gasteiger partial charge in [-0.3, -0.25) is 10.1 Å². The molecule has 0 spiro atoms. The van der Waals surface area contributed by atoms with E-state index in [1.54, 1.807) is 0 Å². The zero-order valence-corrected chi connectivity index (χ0v) is 10.9. The van der Waals surface area contributed by atoms with Crippen molar-refractivity contribution in [3.8, 4) is 0 Å². The Morgan fingerprint density at radius 1 is 1.50 bits per heavy atom. The van der Waals surface area contributed by atoms with Crippen LogP contribution in [0.3, 0.4) is 0 Å². The molecule has 3 atom stereocenters. The molecule has 2 aliphatic rings. The van der Waals surface area contributed by atoms with Crippen LogP contribution in [0.2, 0.25) is 0 Å². The quantitative estimate of drug-likeness (QED) is 0.491. The van der Waals surface area contributed by atoms with Gasteiger partial charge in [0.05, 0.1) is 21.7 Å². The lowest BCUT2D eigenvalue weighted by Gasteiger charge is -2.35. The van der Waals surface area contributed by atoms with Gasteiger partial charge in [0.25, 0.3) is 5.69 Å². The van der Waals surface area contributed by atoms with Crippen molar-refractivity contribution < 1.29 is 14.8 Å². The summed E-state index contributed by atoms with van der Waals surface area (Å²) in [7, 11) is 0. The van der Waals surface area contributed by atoms with Gasteiger partial charge in [-0.05, 0) is 25.3 Å². The van der Waals surface area contributed by atoms with Crippen molar-refractivity contribution in [3.05, 3.63) is 45.5 Å². The molecule has 3 rings (SSSR count). The molecule has 2 N–H and O–H groups in total. The number of allylic oxidation sites excluding steroid dienone is 2. The predicted octanol–water partition coefficient (Wildman–Crippen LogP) is 2.77. The first-order chi connectivity index (χ1) is 9.50. The highest BCUT2D eigenvalue weighted by Crippen LogP contribution is 2.49. The SMILES string of the molecule is CC1Nc2c(C(=O)O)ccc([N+](=O)[O-])c2C2C=CCC12. The highest BCUT2D eigenvalue weighted by molar-refractivity contribution is 5.96. The summed E-state index contributed by atoms with van der Waals surface area (Å²) in [6.07, 6.45) is 4.83. The van der Waals surface area contributed by atoms with Crippen molar-refractivity contribution in [3.63, 3.8) is 0 Å². The number of aromatic carboxylic acids is 1. The van der Waals surface area contributed by atoms with E-state index in [0.717, 1.165) is 6.42 Å². The molecule has 20 heavy (non-hydrogen) atoms. The number of carboxylic acids is 1. The molecule has 0 aromatic heterocycles. The van der Waals surface area contributed by atoms with Gasteiger partial charge >= 0.3 is 5.97 Å². The van der Waals surface area contributed by atoms with Gasteiger partial charge < -0.3 is 10.4 Å². The van der Waals surface area contributed by atoms with Crippen LogP contribution in [0.4, 0.5) is 11.4 Å². The van der Waals surface area contributed by atoms with Gasteiger partial charge in [-0.25, -0.2) is 4.79 Å². The molecule has 104 valence electrons. The lowest BCUT2D eigenvalue weighted by Crippen LogP contribution is -2.34. The van der Waals surface area contributed by atoms with Crippen molar-refractivity contribution in [2.75, 3.05) is 5.32 Å². The summed E-state index contributed by atoms with van der Waals surface area (Å²) in [5, 5.41) is 23.7. The predicted molar refractivity (Wildman–Crippen MR) is 73.1 cm³/mol. The van der Waals surface area contributed by atoms with E-state index in [2.05, 4.69) is 5.32 Å². The molecule has 3 unspecified atom stereocenters. The Morgan fingerprint density at radius 2 is 2.25 bits per heavy atom. The monoisotopic (exact) mass is 274 g/mol. The molecule has 1 aromatic rings. The van der Waals surface area contributed by atoms with Gasteiger partial charge in [0.1, 0.15) is 0 Å². The van der Waals surface area contributed by atoms with Gasteiger partial charge in [0.2, 0.25) is 0 Å². The Kier molecular flexibility index (Phi) is 2.74. The maximum Gasteiger partial charge on any atom is 0.337 e. The normalized spacial score (nSPS) is 26.6. The molecule has 0 radical (unpaired) electrons. The van der Waals surface area contributed by atoms with Gasteiger partial charge in [-0.1, -0.05) is 12.2 Å². The number of carbonyl (C=O) groups is 1. The molecule has 6 nitrogen and oxygen atoms in total. The maximum absolute atomic E-state index is 11.3. The number of rotatable bonds is 2. The molecular weight excluding hydrogens is 260 g/mol. The number of fused-ring (bicyclic) bond motifs is 3. The number of benzene rings is 1. The first-order valence-electron chi connectivity index (χ1n) is 6.48. The Morgan fingerprint density at radius 3 is 2.90 bits per heavy atom. The highest BCUT2D eigenvalue weighted by Gasteiger charge is 2.40. The number of hydrogen-bond acceptors (Lipinski definition) is 4. The summed E-state index contributed by atoms with van der Waals surface area (Å²) in [6.45, 7) is 1.98.